The Labute approximate surface area is 153 Å². The highest BCUT2D eigenvalue weighted by Gasteiger charge is 2.39. The molecule has 142 valence electrons. The van der Waals surface area contributed by atoms with Crippen LogP contribution in [0.2, 0.25) is 0 Å². The van der Waals surface area contributed by atoms with Crippen LogP contribution in [0.5, 0.6) is 0 Å². The van der Waals surface area contributed by atoms with E-state index < -0.39 is 19.9 Å². The molecule has 1 aromatic carbocycles. The van der Waals surface area contributed by atoms with E-state index in [-0.39, 0.29) is 34.8 Å². The van der Waals surface area contributed by atoms with Crippen LogP contribution in [0.1, 0.15) is 12.0 Å². The van der Waals surface area contributed by atoms with Crippen LogP contribution in [0.15, 0.2) is 23.1 Å². The van der Waals surface area contributed by atoms with E-state index >= 15 is 0 Å². The molecule has 2 N–H and O–H groups in total. The summed E-state index contributed by atoms with van der Waals surface area (Å²) in [7, 11) is -6.53. The first-order valence-electron chi connectivity index (χ1n) is 8.72. The summed E-state index contributed by atoms with van der Waals surface area (Å²) in [6.07, 6.45) is 0.864. The molecule has 0 saturated carbocycles. The lowest BCUT2D eigenvalue weighted by atomic mass is 10.2. The number of anilines is 1. The Hall–Kier alpha value is -1.49. The first-order valence-corrected chi connectivity index (χ1v) is 12.0. The van der Waals surface area contributed by atoms with Gasteiger partial charge >= 0.3 is 0 Å². The van der Waals surface area contributed by atoms with E-state index in [1.165, 1.54) is 15.3 Å². The quantitative estimate of drug-likeness (QED) is 0.627. The minimum absolute atomic E-state index is 0.0851. The van der Waals surface area contributed by atoms with Crippen molar-refractivity contribution in [2.75, 3.05) is 43.0 Å². The Morgan fingerprint density at radius 2 is 1.92 bits per heavy atom. The van der Waals surface area contributed by atoms with Gasteiger partial charge in [-0.1, -0.05) is 0 Å². The highest BCUT2D eigenvalue weighted by atomic mass is 32.2. The van der Waals surface area contributed by atoms with E-state index in [1.54, 1.807) is 12.1 Å². The molecule has 0 bridgehead atoms. The van der Waals surface area contributed by atoms with E-state index in [0.29, 0.717) is 43.9 Å². The first kappa shape index (κ1) is 17.9. The SMILES string of the molecule is O=C1Cc2cc(S(=O)(=O)N3CC[NH+]([C@@H]4CCS(=O)(=O)C4)CC3)ccc2N1. The Bertz CT molecular complexity index is 950. The molecule has 2 fully saturated rings. The Kier molecular flexibility index (Phi) is 4.33. The number of quaternary nitrogens is 1. The largest absolute Gasteiger partial charge is 0.329 e. The molecule has 0 aromatic heterocycles. The van der Waals surface area contributed by atoms with Gasteiger partial charge in [0.1, 0.15) is 11.8 Å². The van der Waals surface area contributed by atoms with E-state index in [4.69, 9.17) is 0 Å². The van der Waals surface area contributed by atoms with Crippen molar-refractivity contribution in [1.82, 2.24) is 4.31 Å². The van der Waals surface area contributed by atoms with Crippen LogP contribution in [-0.2, 0) is 31.1 Å². The van der Waals surface area contributed by atoms with Crippen molar-refractivity contribution < 1.29 is 26.5 Å². The number of sulfonamides is 1. The fourth-order valence-electron chi connectivity index (χ4n) is 4.05. The minimum atomic E-state index is -3.61. The standard InChI is InChI=1S/C16H21N3O5S2/c20-16-10-12-9-14(1-2-15(12)17-16)26(23,24)19-6-4-18(5-7-19)13-3-8-25(21,22)11-13/h1-2,9,13H,3-8,10-11H2,(H,17,20)/p+1/t13-/m1/s1. The molecule has 8 nitrogen and oxygen atoms in total. The van der Waals surface area contributed by atoms with Gasteiger partial charge in [-0.3, -0.25) is 4.79 Å². The van der Waals surface area contributed by atoms with Crippen LogP contribution >= 0.6 is 0 Å². The number of fused-ring (bicyclic) bond motifs is 1. The summed E-state index contributed by atoms with van der Waals surface area (Å²) in [4.78, 5) is 12.8. The second-order valence-electron chi connectivity index (χ2n) is 7.21. The van der Waals surface area contributed by atoms with Crippen molar-refractivity contribution in [1.29, 1.82) is 0 Å². The number of piperazine rings is 1. The third-order valence-corrected chi connectivity index (χ3v) is 9.18. The van der Waals surface area contributed by atoms with Crippen molar-refractivity contribution in [2.45, 2.75) is 23.8 Å². The second kappa shape index (κ2) is 6.29. The molecular weight excluding hydrogens is 378 g/mol. The van der Waals surface area contributed by atoms with Gasteiger partial charge in [0, 0.05) is 12.1 Å². The number of nitrogens with zero attached hydrogens (tertiary/aromatic N) is 1. The highest BCUT2D eigenvalue weighted by Crippen LogP contribution is 2.27. The van der Waals surface area contributed by atoms with E-state index in [9.17, 15) is 21.6 Å². The maximum atomic E-state index is 12.9. The molecule has 26 heavy (non-hydrogen) atoms. The number of hydrogen-bond donors (Lipinski definition) is 2. The number of benzene rings is 1. The average Bonchev–Trinajstić information content (AvgIpc) is 3.15. The molecule has 0 radical (unpaired) electrons. The summed E-state index contributed by atoms with van der Waals surface area (Å²) in [5, 5.41) is 2.70. The van der Waals surface area contributed by atoms with Crippen molar-refractivity contribution in [3.8, 4) is 0 Å². The van der Waals surface area contributed by atoms with Gasteiger partial charge < -0.3 is 10.2 Å². The summed E-state index contributed by atoms with van der Waals surface area (Å²) < 4.78 is 50.6. The van der Waals surface area contributed by atoms with Crippen LogP contribution in [0.25, 0.3) is 0 Å². The Balaban J connectivity index is 1.45. The van der Waals surface area contributed by atoms with Gasteiger partial charge in [0.05, 0.1) is 43.2 Å². The topological polar surface area (TPSA) is 105 Å². The fourth-order valence-corrected chi connectivity index (χ4v) is 7.37. The molecule has 1 aromatic rings. The first-order chi connectivity index (χ1) is 12.2. The zero-order valence-corrected chi connectivity index (χ0v) is 15.9. The number of carbonyl (C=O) groups excluding carboxylic acids is 1. The van der Waals surface area contributed by atoms with Gasteiger partial charge in [0.2, 0.25) is 15.9 Å². The fraction of sp³-hybridized carbons (Fsp3) is 0.562. The predicted octanol–water partition coefficient (Wildman–Crippen LogP) is -1.74. The molecule has 10 heteroatoms. The Morgan fingerprint density at radius 3 is 2.58 bits per heavy atom. The molecule has 1 atom stereocenters. The van der Waals surface area contributed by atoms with Crippen molar-refractivity contribution in [2.24, 2.45) is 0 Å². The number of sulfone groups is 1. The predicted molar refractivity (Wildman–Crippen MR) is 95.3 cm³/mol. The number of nitrogens with one attached hydrogen (secondary N) is 2. The van der Waals surface area contributed by atoms with Crippen molar-refractivity contribution >= 4 is 31.5 Å². The molecular formula is C16H22N3O5S2+. The minimum Gasteiger partial charge on any atom is -0.329 e. The maximum Gasteiger partial charge on any atom is 0.243 e. The van der Waals surface area contributed by atoms with E-state index in [2.05, 4.69) is 5.32 Å². The number of rotatable bonds is 3. The molecule has 0 spiro atoms. The van der Waals surface area contributed by atoms with Crippen molar-refractivity contribution in [3.63, 3.8) is 0 Å². The van der Waals surface area contributed by atoms with Gasteiger partial charge in [-0.05, 0) is 23.8 Å². The Morgan fingerprint density at radius 1 is 1.19 bits per heavy atom. The number of hydrogen-bond acceptors (Lipinski definition) is 5. The van der Waals surface area contributed by atoms with E-state index in [0.717, 1.165) is 0 Å². The summed E-state index contributed by atoms with van der Waals surface area (Å²) in [6.45, 7) is 1.99. The zero-order valence-electron chi connectivity index (χ0n) is 14.3. The van der Waals surface area contributed by atoms with Gasteiger partial charge in [0.15, 0.2) is 9.84 Å². The van der Waals surface area contributed by atoms with Crippen LogP contribution in [0.4, 0.5) is 5.69 Å². The lowest BCUT2D eigenvalue weighted by Crippen LogP contribution is -3.18. The maximum absolute atomic E-state index is 12.9. The molecule has 3 aliphatic heterocycles. The van der Waals surface area contributed by atoms with Crippen LogP contribution < -0.4 is 10.2 Å². The molecule has 3 heterocycles. The summed E-state index contributed by atoms with van der Waals surface area (Å²) in [6, 6.07) is 4.83. The molecule has 0 aliphatic carbocycles. The molecule has 1 amide bonds. The monoisotopic (exact) mass is 400 g/mol. The average molecular weight is 401 g/mol. The smallest absolute Gasteiger partial charge is 0.243 e. The van der Waals surface area contributed by atoms with Gasteiger partial charge in [-0.2, -0.15) is 4.31 Å². The van der Waals surface area contributed by atoms with Crippen molar-refractivity contribution in [3.05, 3.63) is 23.8 Å². The lowest BCUT2D eigenvalue weighted by Gasteiger charge is -2.34. The zero-order chi connectivity index (χ0) is 18.5. The third-order valence-electron chi connectivity index (χ3n) is 5.51. The summed E-state index contributed by atoms with van der Waals surface area (Å²) in [5.41, 5.74) is 1.38. The lowest BCUT2D eigenvalue weighted by molar-refractivity contribution is -0.925. The molecule has 0 unspecified atom stereocenters. The summed E-state index contributed by atoms with van der Waals surface area (Å²) in [5.74, 6) is 0.324. The number of amides is 1. The van der Waals surface area contributed by atoms with Crippen LogP contribution in [0.3, 0.4) is 0 Å². The number of carbonyl (C=O) groups is 1. The van der Waals surface area contributed by atoms with Gasteiger partial charge in [-0.15, -0.1) is 0 Å². The third kappa shape index (κ3) is 3.26. The second-order valence-corrected chi connectivity index (χ2v) is 11.4. The molecule has 4 rings (SSSR count). The van der Waals surface area contributed by atoms with E-state index in [1.807, 2.05) is 0 Å². The normalized spacial score (nSPS) is 26.6. The highest BCUT2D eigenvalue weighted by molar-refractivity contribution is 7.91. The van der Waals surface area contributed by atoms with Crippen LogP contribution in [-0.4, -0.2) is 70.8 Å². The summed E-state index contributed by atoms with van der Waals surface area (Å²) >= 11 is 0. The molecule has 2 saturated heterocycles. The van der Waals surface area contributed by atoms with Gasteiger partial charge in [-0.25, -0.2) is 16.8 Å². The van der Waals surface area contributed by atoms with Gasteiger partial charge in [0.25, 0.3) is 0 Å². The molecule has 3 aliphatic rings. The van der Waals surface area contributed by atoms with Crippen LogP contribution in [0, 0.1) is 0 Å².